The fraction of sp³-hybridized carbons (Fsp3) is 0.176. The maximum Gasteiger partial charge on any atom is 0.235 e. The first-order valence-electron chi connectivity index (χ1n) is 7.61. The predicted molar refractivity (Wildman–Crippen MR) is 97.0 cm³/mol. The van der Waals surface area contributed by atoms with Gasteiger partial charge >= 0.3 is 0 Å². The molecule has 0 aliphatic carbocycles. The minimum Gasteiger partial charge on any atom is -0.481 e. The largest absolute Gasteiger partial charge is 0.481 e. The lowest BCUT2D eigenvalue weighted by Crippen LogP contribution is -2.25. The SMILES string of the molecule is CC(C)(Oc1ccc(Cl)cc1)c1nn2c(-c3cccnc3)nnc2s1. The van der Waals surface area contributed by atoms with Crippen LogP contribution in [-0.2, 0) is 5.60 Å². The van der Waals surface area contributed by atoms with E-state index in [0.717, 1.165) is 16.3 Å². The Morgan fingerprint density at radius 1 is 1.12 bits per heavy atom. The van der Waals surface area contributed by atoms with Crippen molar-refractivity contribution in [2.75, 3.05) is 0 Å². The molecule has 8 heteroatoms. The highest BCUT2D eigenvalue weighted by molar-refractivity contribution is 7.16. The number of benzene rings is 1. The lowest BCUT2D eigenvalue weighted by molar-refractivity contribution is 0.107. The minimum atomic E-state index is -0.620. The van der Waals surface area contributed by atoms with E-state index in [1.54, 1.807) is 29.0 Å². The second-order valence-corrected chi connectivity index (χ2v) is 7.33. The van der Waals surface area contributed by atoms with Gasteiger partial charge in [-0.1, -0.05) is 22.9 Å². The van der Waals surface area contributed by atoms with Crippen molar-refractivity contribution in [1.29, 1.82) is 0 Å². The fourth-order valence-corrected chi connectivity index (χ4v) is 3.38. The van der Waals surface area contributed by atoms with Crippen LogP contribution in [0.25, 0.3) is 16.3 Å². The first-order chi connectivity index (χ1) is 12.0. The van der Waals surface area contributed by atoms with Gasteiger partial charge < -0.3 is 4.74 Å². The first kappa shape index (κ1) is 16.0. The quantitative estimate of drug-likeness (QED) is 0.537. The molecule has 0 aliphatic rings. The highest BCUT2D eigenvalue weighted by atomic mass is 35.5. The number of pyridine rings is 1. The Kier molecular flexibility index (Phi) is 3.89. The van der Waals surface area contributed by atoms with Crippen LogP contribution in [0.15, 0.2) is 48.8 Å². The third-order valence-electron chi connectivity index (χ3n) is 3.61. The number of nitrogens with zero attached hydrogens (tertiary/aromatic N) is 5. The van der Waals surface area contributed by atoms with Crippen molar-refractivity contribution in [3.8, 4) is 17.1 Å². The number of fused-ring (bicyclic) bond motifs is 1. The molecule has 0 spiro atoms. The third kappa shape index (κ3) is 3.08. The lowest BCUT2D eigenvalue weighted by Gasteiger charge is -2.23. The van der Waals surface area contributed by atoms with E-state index in [2.05, 4.69) is 20.3 Å². The number of halogens is 1. The Hall–Kier alpha value is -2.51. The van der Waals surface area contributed by atoms with Crippen LogP contribution in [0.5, 0.6) is 5.75 Å². The van der Waals surface area contributed by atoms with Crippen molar-refractivity contribution in [3.05, 3.63) is 58.8 Å². The van der Waals surface area contributed by atoms with E-state index in [1.807, 2.05) is 38.1 Å². The molecular weight excluding hydrogens is 358 g/mol. The molecule has 0 unspecified atom stereocenters. The summed E-state index contributed by atoms with van der Waals surface area (Å²) in [6.07, 6.45) is 3.46. The highest BCUT2D eigenvalue weighted by Gasteiger charge is 2.29. The van der Waals surface area contributed by atoms with Crippen LogP contribution < -0.4 is 4.74 Å². The molecule has 3 aromatic heterocycles. The number of ether oxygens (including phenoxy) is 1. The molecule has 0 amide bonds. The predicted octanol–water partition coefficient (Wildman–Crippen LogP) is 4.22. The molecule has 0 aliphatic heterocycles. The normalized spacial score (nSPS) is 11.8. The van der Waals surface area contributed by atoms with Gasteiger partial charge in [-0.2, -0.15) is 9.61 Å². The van der Waals surface area contributed by atoms with Crippen LogP contribution in [0.3, 0.4) is 0 Å². The average molecular weight is 372 g/mol. The molecule has 3 heterocycles. The van der Waals surface area contributed by atoms with Crippen molar-refractivity contribution in [2.45, 2.75) is 19.4 Å². The Labute approximate surface area is 153 Å². The van der Waals surface area contributed by atoms with Gasteiger partial charge in [0, 0.05) is 23.0 Å². The molecule has 0 saturated carbocycles. The van der Waals surface area contributed by atoms with E-state index in [4.69, 9.17) is 16.3 Å². The van der Waals surface area contributed by atoms with Crippen LogP contribution >= 0.6 is 22.9 Å². The zero-order valence-corrected chi connectivity index (χ0v) is 15.1. The number of hydrogen-bond donors (Lipinski definition) is 0. The van der Waals surface area contributed by atoms with Gasteiger partial charge in [0.05, 0.1) is 0 Å². The Bertz CT molecular complexity index is 1010. The van der Waals surface area contributed by atoms with Gasteiger partial charge in [0.1, 0.15) is 5.75 Å². The van der Waals surface area contributed by atoms with E-state index in [9.17, 15) is 0 Å². The van der Waals surface area contributed by atoms with E-state index in [-0.39, 0.29) is 0 Å². The molecule has 0 fully saturated rings. The van der Waals surface area contributed by atoms with Gasteiger partial charge in [-0.15, -0.1) is 10.2 Å². The zero-order valence-electron chi connectivity index (χ0n) is 13.5. The second kappa shape index (κ2) is 6.09. The molecule has 4 rings (SSSR count). The van der Waals surface area contributed by atoms with Crippen LogP contribution in [0.4, 0.5) is 0 Å². The Morgan fingerprint density at radius 3 is 2.64 bits per heavy atom. The molecule has 25 heavy (non-hydrogen) atoms. The highest BCUT2D eigenvalue weighted by Crippen LogP contribution is 2.32. The molecule has 0 N–H and O–H groups in total. The van der Waals surface area contributed by atoms with Gasteiger partial charge in [-0.3, -0.25) is 4.98 Å². The molecular formula is C17H14ClN5OS. The van der Waals surface area contributed by atoms with Crippen LogP contribution in [0.1, 0.15) is 18.9 Å². The molecule has 0 saturated heterocycles. The summed E-state index contributed by atoms with van der Waals surface area (Å²) in [7, 11) is 0. The standard InChI is InChI=1S/C17H14ClN5OS/c1-17(2,24-13-7-5-12(18)6-8-13)15-22-23-14(20-21-16(23)25-15)11-4-3-9-19-10-11/h3-10H,1-2H3. The van der Waals surface area contributed by atoms with Gasteiger partial charge in [0.25, 0.3) is 0 Å². The average Bonchev–Trinajstić information content (AvgIpc) is 3.18. The van der Waals surface area contributed by atoms with Gasteiger partial charge in [-0.25, -0.2) is 0 Å². The van der Waals surface area contributed by atoms with E-state index >= 15 is 0 Å². The van der Waals surface area contributed by atoms with Crippen molar-refractivity contribution in [3.63, 3.8) is 0 Å². The molecule has 1 aromatic carbocycles. The number of hydrogen-bond acceptors (Lipinski definition) is 6. The Balaban J connectivity index is 1.69. The maximum atomic E-state index is 6.10. The summed E-state index contributed by atoms with van der Waals surface area (Å²) in [4.78, 5) is 4.83. The van der Waals surface area contributed by atoms with Crippen molar-refractivity contribution in [2.24, 2.45) is 0 Å². The summed E-state index contributed by atoms with van der Waals surface area (Å²) in [5, 5.41) is 14.6. The van der Waals surface area contributed by atoms with Crippen LogP contribution in [0.2, 0.25) is 5.02 Å². The second-order valence-electron chi connectivity index (χ2n) is 5.93. The maximum absolute atomic E-state index is 6.10. The molecule has 0 atom stereocenters. The van der Waals surface area contributed by atoms with E-state index < -0.39 is 5.60 Å². The molecule has 0 radical (unpaired) electrons. The zero-order chi connectivity index (χ0) is 17.4. The third-order valence-corrected chi connectivity index (χ3v) is 5.07. The molecule has 4 aromatic rings. The summed E-state index contributed by atoms with van der Waals surface area (Å²) < 4.78 is 7.83. The monoisotopic (exact) mass is 371 g/mol. The summed E-state index contributed by atoms with van der Waals surface area (Å²) in [5.41, 5.74) is 0.245. The van der Waals surface area contributed by atoms with Gasteiger partial charge in [0.2, 0.25) is 4.96 Å². The number of aromatic nitrogens is 5. The first-order valence-corrected chi connectivity index (χ1v) is 8.80. The molecule has 6 nitrogen and oxygen atoms in total. The summed E-state index contributed by atoms with van der Waals surface area (Å²) in [5.74, 6) is 1.39. The lowest BCUT2D eigenvalue weighted by atomic mass is 10.1. The van der Waals surface area contributed by atoms with E-state index in [1.165, 1.54) is 11.3 Å². The summed E-state index contributed by atoms with van der Waals surface area (Å²) >= 11 is 7.37. The topological polar surface area (TPSA) is 65.2 Å². The number of rotatable bonds is 4. The summed E-state index contributed by atoms with van der Waals surface area (Å²) in [6.45, 7) is 3.94. The van der Waals surface area contributed by atoms with Gasteiger partial charge in [0.15, 0.2) is 16.4 Å². The van der Waals surface area contributed by atoms with Crippen molar-refractivity contribution < 1.29 is 4.74 Å². The molecule has 126 valence electrons. The fourth-order valence-electron chi connectivity index (χ4n) is 2.38. The van der Waals surface area contributed by atoms with E-state index in [0.29, 0.717) is 15.8 Å². The molecule has 0 bridgehead atoms. The minimum absolute atomic E-state index is 0.620. The van der Waals surface area contributed by atoms with Crippen LogP contribution in [-0.4, -0.2) is 24.8 Å². The van der Waals surface area contributed by atoms with Crippen molar-refractivity contribution in [1.82, 2.24) is 24.8 Å². The van der Waals surface area contributed by atoms with Crippen LogP contribution in [0, 0.1) is 0 Å². The smallest absolute Gasteiger partial charge is 0.235 e. The Morgan fingerprint density at radius 2 is 1.92 bits per heavy atom. The van der Waals surface area contributed by atoms with Gasteiger partial charge in [-0.05, 0) is 50.2 Å². The summed E-state index contributed by atoms with van der Waals surface area (Å²) in [6, 6.07) is 11.1. The van der Waals surface area contributed by atoms with Crippen molar-refractivity contribution >= 4 is 27.9 Å².